The first-order chi connectivity index (χ1) is 16.1. The lowest BCUT2D eigenvalue weighted by molar-refractivity contribution is -0.146. The molecule has 2 heterocycles. The van der Waals surface area contributed by atoms with Crippen LogP contribution in [0.25, 0.3) is 0 Å². The van der Waals surface area contributed by atoms with Gasteiger partial charge in [-0.2, -0.15) is 5.10 Å². The second-order valence-electron chi connectivity index (χ2n) is 9.42. The minimum absolute atomic E-state index is 0. The lowest BCUT2D eigenvalue weighted by Gasteiger charge is -2.36. The van der Waals surface area contributed by atoms with Gasteiger partial charge in [0.15, 0.2) is 0 Å². The van der Waals surface area contributed by atoms with Crippen LogP contribution < -0.4 is 5.32 Å². The van der Waals surface area contributed by atoms with E-state index in [9.17, 15) is 9.59 Å². The van der Waals surface area contributed by atoms with Gasteiger partial charge in [0.2, 0.25) is 0 Å². The minimum Gasteiger partial charge on any atom is -0.469 e. The summed E-state index contributed by atoms with van der Waals surface area (Å²) in [5.74, 6) is 0.560. The Morgan fingerprint density at radius 3 is 2.47 bits per heavy atom. The van der Waals surface area contributed by atoms with Crippen molar-refractivity contribution in [1.82, 2.24) is 20.0 Å². The third-order valence-electron chi connectivity index (χ3n) is 7.23. The summed E-state index contributed by atoms with van der Waals surface area (Å²) in [7, 11) is 1.45. The van der Waals surface area contributed by atoms with Crippen LogP contribution in [0.2, 0.25) is 0 Å². The molecule has 2 aliphatic rings. The van der Waals surface area contributed by atoms with Crippen LogP contribution in [0.4, 0.5) is 0 Å². The SMILES string of the molecule is COC(=O)C1CCC(N(Cc2ccccc2)C(=O)c2cnn(CCC3CCNCC3)c2)CC1.Cl. The second-order valence-corrected chi connectivity index (χ2v) is 9.42. The number of aromatic nitrogens is 2. The van der Waals surface area contributed by atoms with E-state index in [-0.39, 0.29) is 36.2 Å². The Kier molecular flexibility index (Phi) is 9.96. The number of halogens is 1. The van der Waals surface area contributed by atoms with Gasteiger partial charge in [0, 0.05) is 25.3 Å². The molecule has 1 aliphatic carbocycles. The molecule has 1 N–H and O–H groups in total. The summed E-state index contributed by atoms with van der Waals surface area (Å²) >= 11 is 0. The fourth-order valence-electron chi connectivity index (χ4n) is 5.18. The summed E-state index contributed by atoms with van der Waals surface area (Å²) in [4.78, 5) is 27.5. The van der Waals surface area contributed by atoms with Gasteiger partial charge in [-0.1, -0.05) is 30.3 Å². The summed E-state index contributed by atoms with van der Waals surface area (Å²) in [5, 5.41) is 7.90. The zero-order valence-electron chi connectivity index (χ0n) is 20.0. The number of ether oxygens (including phenoxy) is 1. The molecule has 4 rings (SSSR count). The fraction of sp³-hybridized carbons (Fsp3) is 0.577. The van der Waals surface area contributed by atoms with E-state index < -0.39 is 0 Å². The summed E-state index contributed by atoms with van der Waals surface area (Å²) in [6.07, 6.45) is 10.3. The standard InChI is InChI=1S/C26H36N4O3.ClH/c1-33-26(32)22-7-9-24(10-8-22)30(18-21-5-3-2-4-6-21)25(31)23-17-28-29(19-23)16-13-20-11-14-27-15-12-20;/h2-6,17,19-20,22,24,27H,7-16,18H2,1H3;1H. The van der Waals surface area contributed by atoms with Crippen molar-refractivity contribution in [2.45, 2.75) is 64.1 Å². The van der Waals surface area contributed by atoms with Gasteiger partial charge in [0.05, 0.1) is 24.8 Å². The summed E-state index contributed by atoms with van der Waals surface area (Å²) in [6.45, 7) is 3.61. The molecule has 1 amide bonds. The van der Waals surface area contributed by atoms with Gasteiger partial charge in [-0.25, -0.2) is 0 Å². The van der Waals surface area contributed by atoms with Crippen molar-refractivity contribution in [3.8, 4) is 0 Å². The molecule has 2 aromatic rings. The molecule has 34 heavy (non-hydrogen) atoms. The van der Waals surface area contributed by atoms with Crippen LogP contribution in [0, 0.1) is 11.8 Å². The number of carbonyl (C=O) groups excluding carboxylic acids is 2. The van der Waals surface area contributed by atoms with E-state index in [1.165, 1.54) is 20.0 Å². The highest BCUT2D eigenvalue weighted by atomic mass is 35.5. The van der Waals surface area contributed by atoms with Crippen LogP contribution in [-0.2, 0) is 22.6 Å². The first-order valence-corrected chi connectivity index (χ1v) is 12.3. The average Bonchev–Trinajstić information content (AvgIpc) is 3.36. The largest absolute Gasteiger partial charge is 0.469 e. The number of benzene rings is 1. The van der Waals surface area contributed by atoms with Crippen LogP contribution >= 0.6 is 12.4 Å². The van der Waals surface area contributed by atoms with E-state index in [0.717, 1.165) is 63.2 Å². The Balaban J connectivity index is 0.00000324. The van der Waals surface area contributed by atoms with E-state index in [0.29, 0.717) is 12.1 Å². The molecular weight excluding hydrogens is 452 g/mol. The molecule has 8 heteroatoms. The number of esters is 1. The Hall–Kier alpha value is -2.38. The van der Waals surface area contributed by atoms with E-state index in [1.54, 1.807) is 6.20 Å². The van der Waals surface area contributed by atoms with E-state index in [2.05, 4.69) is 22.5 Å². The molecule has 7 nitrogen and oxygen atoms in total. The zero-order chi connectivity index (χ0) is 23.0. The Morgan fingerprint density at radius 2 is 1.79 bits per heavy atom. The molecule has 1 saturated carbocycles. The number of nitrogens with one attached hydrogen (secondary N) is 1. The number of hydrogen-bond donors (Lipinski definition) is 1. The Morgan fingerprint density at radius 1 is 1.09 bits per heavy atom. The van der Waals surface area contributed by atoms with E-state index in [4.69, 9.17) is 4.74 Å². The molecule has 0 radical (unpaired) electrons. The maximum Gasteiger partial charge on any atom is 0.308 e. The average molecular weight is 489 g/mol. The van der Waals surface area contributed by atoms with Gasteiger partial charge in [-0.15, -0.1) is 12.4 Å². The number of piperidine rings is 1. The topological polar surface area (TPSA) is 76.5 Å². The lowest BCUT2D eigenvalue weighted by Crippen LogP contribution is -2.42. The first kappa shape index (κ1) is 26.2. The molecule has 1 saturated heterocycles. The molecule has 2 fully saturated rings. The second kappa shape index (κ2) is 12.9. The van der Waals surface area contributed by atoms with Crippen LogP contribution in [0.1, 0.15) is 60.9 Å². The number of nitrogens with zero attached hydrogens (tertiary/aromatic N) is 3. The number of amides is 1. The van der Waals surface area contributed by atoms with Crippen LogP contribution in [-0.4, -0.2) is 52.8 Å². The van der Waals surface area contributed by atoms with Crippen molar-refractivity contribution in [2.75, 3.05) is 20.2 Å². The zero-order valence-corrected chi connectivity index (χ0v) is 20.8. The van der Waals surface area contributed by atoms with Crippen LogP contribution in [0.5, 0.6) is 0 Å². The van der Waals surface area contributed by atoms with Crippen molar-refractivity contribution < 1.29 is 14.3 Å². The quantitative estimate of drug-likeness (QED) is 0.567. The van der Waals surface area contributed by atoms with Gasteiger partial charge in [0.1, 0.15) is 0 Å². The van der Waals surface area contributed by atoms with Crippen molar-refractivity contribution in [3.63, 3.8) is 0 Å². The number of hydrogen-bond acceptors (Lipinski definition) is 5. The predicted octanol–water partition coefficient (Wildman–Crippen LogP) is 4.07. The van der Waals surface area contributed by atoms with E-state index in [1.807, 2.05) is 34.0 Å². The third-order valence-corrected chi connectivity index (χ3v) is 7.23. The van der Waals surface area contributed by atoms with Crippen LogP contribution in [0.3, 0.4) is 0 Å². The number of aryl methyl sites for hydroxylation is 1. The lowest BCUT2D eigenvalue weighted by atomic mass is 9.85. The van der Waals surface area contributed by atoms with Crippen molar-refractivity contribution >= 4 is 24.3 Å². The highest BCUT2D eigenvalue weighted by Crippen LogP contribution is 2.30. The fourth-order valence-corrected chi connectivity index (χ4v) is 5.18. The van der Waals surface area contributed by atoms with Gasteiger partial charge in [-0.3, -0.25) is 14.3 Å². The van der Waals surface area contributed by atoms with Crippen molar-refractivity contribution in [2.24, 2.45) is 11.8 Å². The summed E-state index contributed by atoms with van der Waals surface area (Å²) in [5.41, 5.74) is 1.76. The van der Waals surface area contributed by atoms with Gasteiger partial charge in [0.25, 0.3) is 5.91 Å². The molecule has 1 aromatic heterocycles. The molecule has 0 spiro atoms. The molecule has 0 bridgehead atoms. The molecule has 1 aromatic carbocycles. The monoisotopic (exact) mass is 488 g/mol. The predicted molar refractivity (Wildman–Crippen MR) is 134 cm³/mol. The highest BCUT2D eigenvalue weighted by molar-refractivity contribution is 5.94. The number of methoxy groups -OCH3 is 1. The minimum atomic E-state index is -0.135. The van der Waals surface area contributed by atoms with Crippen molar-refractivity contribution in [1.29, 1.82) is 0 Å². The Labute approximate surface area is 208 Å². The van der Waals surface area contributed by atoms with Gasteiger partial charge < -0.3 is 15.0 Å². The number of carbonyl (C=O) groups is 2. The molecule has 1 aliphatic heterocycles. The summed E-state index contributed by atoms with van der Waals surface area (Å²) in [6, 6.07) is 10.2. The maximum absolute atomic E-state index is 13.6. The number of rotatable bonds is 8. The Bertz CT molecular complexity index is 906. The normalized spacial score (nSPS) is 20.9. The highest BCUT2D eigenvalue weighted by Gasteiger charge is 2.33. The summed E-state index contributed by atoms with van der Waals surface area (Å²) < 4.78 is 6.85. The van der Waals surface area contributed by atoms with Gasteiger partial charge in [-0.05, 0) is 69.5 Å². The molecule has 186 valence electrons. The molecule has 0 atom stereocenters. The smallest absolute Gasteiger partial charge is 0.308 e. The van der Waals surface area contributed by atoms with Gasteiger partial charge >= 0.3 is 5.97 Å². The van der Waals surface area contributed by atoms with Crippen LogP contribution in [0.15, 0.2) is 42.7 Å². The van der Waals surface area contributed by atoms with E-state index >= 15 is 0 Å². The first-order valence-electron chi connectivity index (χ1n) is 12.3. The molecular formula is C26H37ClN4O3. The molecule has 0 unspecified atom stereocenters. The maximum atomic E-state index is 13.6. The van der Waals surface area contributed by atoms with Crippen molar-refractivity contribution in [3.05, 3.63) is 53.9 Å². The third kappa shape index (κ3) is 6.83.